The Hall–Kier alpha value is -3.86. The smallest absolute Gasteiger partial charge is 0.390 e. The quantitative estimate of drug-likeness (QED) is 0.291. The van der Waals surface area contributed by atoms with Gasteiger partial charge in [-0.3, -0.25) is 14.3 Å². The number of aromatic nitrogens is 2. The van der Waals surface area contributed by atoms with E-state index >= 15 is 0 Å². The number of aliphatic hydroxyl groups is 1. The number of sulfonamides is 1. The van der Waals surface area contributed by atoms with Gasteiger partial charge in [-0.1, -0.05) is 6.07 Å². The lowest BCUT2D eigenvalue weighted by molar-refractivity contribution is -0.138. The number of amides is 2. The van der Waals surface area contributed by atoms with Crippen LogP contribution in [0.15, 0.2) is 42.5 Å². The lowest BCUT2D eigenvalue weighted by Gasteiger charge is -2.38. The Morgan fingerprint density at radius 1 is 1.08 bits per heavy atom. The second-order valence-corrected chi connectivity index (χ2v) is 15.1. The number of alkyl halides is 3. The minimum absolute atomic E-state index is 0.0481. The van der Waals surface area contributed by atoms with Crippen LogP contribution in [0.3, 0.4) is 0 Å². The van der Waals surface area contributed by atoms with Gasteiger partial charge in [-0.2, -0.15) is 22.6 Å². The van der Waals surface area contributed by atoms with Crippen LogP contribution in [-0.2, 0) is 47.0 Å². The first kappa shape index (κ1) is 35.0. The Kier molecular flexibility index (Phi) is 9.61. The molecule has 0 radical (unpaired) electrons. The third-order valence-electron chi connectivity index (χ3n) is 9.83. The van der Waals surface area contributed by atoms with Crippen LogP contribution >= 0.6 is 0 Å². The van der Waals surface area contributed by atoms with E-state index in [1.165, 1.54) is 28.6 Å². The standard InChI is InChI=1S/C33H38F4N6O5S/c1-49(47,48)42-13-8-28-26(20-42)29(40-43(28)19-25(44)18-41-14-10-32(11-15-41)9-12-38-31(32)46)22-4-7-27(33(35,36)37)23(16-22)17-39-30(45)21-2-5-24(34)6-3-21/h2-7,16,25,44H,8-15,17-20H2,1H3,(H,38,46)(H,39,45). The number of rotatable bonds is 9. The minimum Gasteiger partial charge on any atom is -0.390 e. The Morgan fingerprint density at radius 2 is 1.80 bits per heavy atom. The van der Waals surface area contributed by atoms with E-state index in [0.29, 0.717) is 50.3 Å². The van der Waals surface area contributed by atoms with Crippen LogP contribution in [0.25, 0.3) is 11.3 Å². The van der Waals surface area contributed by atoms with Crippen LogP contribution in [0.1, 0.15) is 52.0 Å². The van der Waals surface area contributed by atoms with Gasteiger partial charge < -0.3 is 20.6 Å². The average Bonchev–Trinajstić information content (AvgIpc) is 3.59. The van der Waals surface area contributed by atoms with E-state index in [1.807, 2.05) is 0 Å². The molecule has 4 heterocycles. The first-order valence-corrected chi connectivity index (χ1v) is 17.9. The molecule has 2 saturated heterocycles. The van der Waals surface area contributed by atoms with Gasteiger partial charge in [0.25, 0.3) is 5.91 Å². The molecule has 1 atom stereocenters. The number of piperidine rings is 1. The summed E-state index contributed by atoms with van der Waals surface area (Å²) in [6.07, 6.45) is -2.01. The molecule has 11 nitrogen and oxygen atoms in total. The van der Waals surface area contributed by atoms with Gasteiger partial charge in [0.2, 0.25) is 15.9 Å². The van der Waals surface area contributed by atoms with Gasteiger partial charge in [-0.25, -0.2) is 12.8 Å². The highest BCUT2D eigenvalue weighted by Gasteiger charge is 2.44. The first-order chi connectivity index (χ1) is 23.1. The molecule has 16 heteroatoms. The highest BCUT2D eigenvalue weighted by Crippen LogP contribution is 2.39. The van der Waals surface area contributed by atoms with Crippen LogP contribution in [0, 0.1) is 11.2 Å². The molecule has 2 aromatic carbocycles. The fourth-order valence-corrected chi connectivity index (χ4v) is 7.87. The van der Waals surface area contributed by atoms with Crippen LogP contribution in [0.5, 0.6) is 0 Å². The molecule has 6 rings (SSSR count). The zero-order chi connectivity index (χ0) is 35.1. The molecule has 3 aliphatic heterocycles. The van der Waals surface area contributed by atoms with Crippen molar-refractivity contribution in [1.82, 2.24) is 29.6 Å². The fourth-order valence-electron chi connectivity index (χ4n) is 7.09. The lowest BCUT2D eigenvalue weighted by Crippen LogP contribution is -2.46. The number of β-amino-alcohol motifs (C(OH)–C–C–N with tert-alkyl or cyclic N) is 1. The molecule has 2 amide bonds. The molecular weight excluding hydrogens is 668 g/mol. The van der Waals surface area contributed by atoms with Crippen LogP contribution < -0.4 is 10.6 Å². The molecule has 264 valence electrons. The number of benzene rings is 2. The summed E-state index contributed by atoms with van der Waals surface area (Å²) in [5.74, 6) is -1.16. The predicted octanol–water partition coefficient (Wildman–Crippen LogP) is 2.92. The van der Waals surface area contributed by atoms with Gasteiger partial charge in [0.15, 0.2) is 0 Å². The normalized spacial score (nSPS) is 19.1. The third-order valence-corrected chi connectivity index (χ3v) is 11.1. The number of fused-ring (bicyclic) bond motifs is 1. The average molecular weight is 707 g/mol. The Labute approximate surface area is 281 Å². The maximum absolute atomic E-state index is 14.1. The molecule has 0 aliphatic carbocycles. The highest BCUT2D eigenvalue weighted by molar-refractivity contribution is 7.88. The summed E-state index contributed by atoms with van der Waals surface area (Å²) in [4.78, 5) is 27.1. The molecule has 1 unspecified atom stereocenters. The number of nitrogens with zero attached hydrogens (tertiary/aromatic N) is 4. The van der Waals surface area contributed by atoms with Crippen molar-refractivity contribution in [2.75, 3.05) is 39.0 Å². The van der Waals surface area contributed by atoms with Crippen molar-refractivity contribution in [1.29, 1.82) is 0 Å². The summed E-state index contributed by atoms with van der Waals surface area (Å²) in [6, 6.07) is 8.04. The number of carbonyl (C=O) groups is 2. The van der Waals surface area contributed by atoms with Crippen molar-refractivity contribution in [2.45, 2.75) is 57.6 Å². The summed E-state index contributed by atoms with van der Waals surface area (Å²) in [7, 11) is -3.60. The van der Waals surface area contributed by atoms with Crippen molar-refractivity contribution in [2.24, 2.45) is 5.41 Å². The van der Waals surface area contributed by atoms with Crippen molar-refractivity contribution in [3.8, 4) is 11.3 Å². The van der Waals surface area contributed by atoms with Gasteiger partial charge >= 0.3 is 6.18 Å². The predicted molar refractivity (Wildman–Crippen MR) is 171 cm³/mol. The molecule has 3 aliphatic rings. The monoisotopic (exact) mass is 706 g/mol. The summed E-state index contributed by atoms with van der Waals surface area (Å²) in [5.41, 5.74) is 0.308. The molecule has 49 heavy (non-hydrogen) atoms. The van der Waals surface area contributed by atoms with E-state index in [0.717, 1.165) is 30.9 Å². The number of nitrogens with one attached hydrogen (secondary N) is 2. The molecule has 1 aromatic heterocycles. The second-order valence-electron chi connectivity index (χ2n) is 13.1. The fraction of sp³-hybridized carbons (Fsp3) is 0.485. The first-order valence-electron chi connectivity index (χ1n) is 16.1. The molecule has 3 aromatic rings. The molecule has 1 spiro atoms. The van der Waals surface area contributed by atoms with E-state index in [9.17, 15) is 40.7 Å². The number of halogens is 4. The van der Waals surface area contributed by atoms with Crippen molar-refractivity contribution >= 4 is 21.8 Å². The molecular formula is C33H38F4N6O5S. The van der Waals surface area contributed by atoms with Gasteiger partial charge in [-0.05, 0) is 74.3 Å². The van der Waals surface area contributed by atoms with Crippen molar-refractivity contribution < 1.29 is 40.7 Å². The summed E-state index contributed by atoms with van der Waals surface area (Å²) in [6.45, 7) is 2.03. The van der Waals surface area contributed by atoms with E-state index in [4.69, 9.17) is 5.10 Å². The van der Waals surface area contributed by atoms with Gasteiger partial charge in [0.05, 0.1) is 35.6 Å². The number of aliphatic hydroxyl groups excluding tert-OH is 1. The van der Waals surface area contributed by atoms with Crippen LogP contribution in [-0.4, -0.2) is 89.4 Å². The number of hydrogen-bond donors (Lipinski definition) is 3. The Bertz CT molecular complexity index is 1840. The zero-order valence-corrected chi connectivity index (χ0v) is 27.7. The second kappa shape index (κ2) is 13.5. The largest absolute Gasteiger partial charge is 0.416 e. The summed E-state index contributed by atoms with van der Waals surface area (Å²) >= 11 is 0. The Balaban J connectivity index is 1.26. The van der Waals surface area contributed by atoms with E-state index in [2.05, 4.69) is 15.5 Å². The maximum atomic E-state index is 14.1. The summed E-state index contributed by atoms with van der Waals surface area (Å²) in [5, 5.41) is 21.3. The maximum Gasteiger partial charge on any atom is 0.416 e. The molecule has 0 bridgehead atoms. The van der Waals surface area contributed by atoms with Gasteiger partial charge in [0.1, 0.15) is 5.82 Å². The van der Waals surface area contributed by atoms with E-state index < -0.39 is 46.1 Å². The zero-order valence-electron chi connectivity index (χ0n) is 26.9. The van der Waals surface area contributed by atoms with Crippen LogP contribution in [0.2, 0.25) is 0 Å². The number of likely N-dealkylation sites (tertiary alicyclic amines) is 1. The van der Waals surface area contributed by atoms with Crippen LogP contribution in [0.4, 0.5) is 17.6 Å². The minimum atomic E-state index is -4.74. The molecule has 3 N–H and O–H groups in total. The van der Waals surface area contributed by atoms with Gasteiger partial charge in [0, 0.05) is 61.5 Å². The highest BCUT2D eigenvalue weighted by atomic mass is 32.2. The SMILES string of the molecule is CS(=O)(=O)N1CCc2c(c(-c3ccc(C(F)(F)F)c(CNC(=O)c4ccc(F)cc4)c3)nn2CC(O)CN2CCC3(CCNC3=O)CC2)C1. The lowest BCUT2D eigenvalue weighted by atomic mass is 9.77. The van der Waals surface area contributed by atoms with E-state index in [1.54, 1.807) is 4.68 Å². The van der Waals surface area contributed by atoms with Crippen molar-refractivity contribution in [3.63, 3.8) is 0 Å². The molecule has 0 saturated carbocycles. The summed E-state index contributed by atoms with van der Waals surface area (Å²) < 4.78 is 83.4. The number of hydrogen-bond acceptors (Lipinski definition) is 7. The van der Waals surface area contributed by atoms with E-state index in [-0.39, 0.29) is 59.8 Å². The Morgan fingerprint density at radius 3 is 2.43 bits per heavy atom. The number of carbonyl (C=O) groups excluding carboxylic acids is 2. The van der Waals surface area contributed by atoms with Gasteiger partial charge in [-0.15, -0.1) is 0 Å². The van der Waals surface area contributed by atoms with Crippen molar-refractivity contribution in [3.05, 3.63) is 76.2 Å². The molecule has 2 fully saturated rings. The third kappa shape index (κ3) is 7.51. The topological polar surface area (TPSA) is 137 Å².